The van der Waals surface area contributed by atoms with Crippen molar-refractivity contribution in [3.63, 3.8) is 0 Å². The summed E-state index contributed by atoms with van der Waals surface area (Å²) in [5.74, 6) is 0.528. The lowest BCUT2D eigenvalue weighted by molar-refractivity contribution is 0.243. The minimum absolute atomic E-state index is 0.000468. The molecule has 1 rings (SSSR count). The lowest BCUT2D eigenvalue weighted by Gasteiger charge is -2.13. The maximum Gasteiger partial charge on any atom is 0.183 e. The third kappa shape index (κ3) is 4.13. The Morgan fingerprint density at radius 1 is 1.56 bits per heavy atom. The van der Waals surface area contributed by atoms with E-state index in [-0.39, 0.29) is 6.10 Å². The van der Waals surface area contributed by atoms with Gasteiger partial charge in [0.05, 0.1) is 11.1 Å². The molecule has 1 N–H and O–H groups in total. The van der Waals surface area contributed by atoms with Crippen LogP contribution >= 0.6 is 23.4 Å². The molecule has 0 saturated carbocycles. The molecule has 0 aliphatic heterocycles. The first-order valence-corrected chi connectivity index (χ1v) is 6.91. The first-order chi connectivity index (χ1) is 8.58. The number of hydrogen-bond donors (Lipinski definition) is 1. The van der Waals surface area contributed by atoms with E-state index in [0.29, 0.717) is 21.6 Å². The summed E-state index contributed by atoms with van der Waals surface area (Å²) in [6.07, 6.45) is 3.67. The number of hydrogen-bond acceptors (Lipinski definition) is 4. The van der Waals surface area contributed by atoms with Crippen LogP contribution in [0.2, 0.25) is 5.02 Å². The highest BCUT2D eigenvalue weighted by Gasteiger charge is 2.10. The van der Waals surface area contributed by atoms with Gasteiger partial charge in [-0.3, -0.25) is 5.32 Å². The fourth-order valence-corrected chi connectivity index (χ4v) is 1.77. The highest BCUT2D eigenvalue weighted by molar-refractivity contribution is 8.13. The highest BCUT2D eigenvalue weighted by Crippen LogP contribution is 2.36. The van der Waals surface area contributed by atoms with Crippen LogP contribution in [0, 0.1) is 11.5 Å². The fraction of sp³-hybridized carbons (Fsp3) is 0.333. The van der Waals surface area contributed by atoms with Crippen LogP contribution in [0.5, 0.6) is 5.75 Å². The van der Waals surface area contributed by atoms with E-state index in [1.165, 1.54) is 11.8 Å². The minimum atomic E-state index is 0.000468. The fourth-order valence-electron chi connectivity index (χ4n) is 1.22. The Morgan fingerprint density at radius 3 is 2.83 bits per heavy atom. The zero-order chi connectivity index (χ0) is 13.5. The normalized spacial score (nSPS) is 11.2. The van der Waals surface area contributed by atoms with E-state index in [2.05, 4.69) is 10.3 Å². The van der Waals surface area contributed by atoms with Crippen molar-refractivity contribution in [2.75, 3.05) is 6.26 Å². The summed E-state index contributed by atoms with van der Waals surface area (Å²) in [4.78, 5) is 4.32. The Hall–Kier alpha value is -1.38. The molecule has 6 heteroatoms. The number of halogens is 1. The highest BCUT2D eigenvalue weighted by atomic mass is 35.5. The van der Waals surface area contributed by atoms with Crippen LogP contribution in [-0.4, -0.2) is 17.5 Å². The summed E-state index contributed by atoms with van der Waals surface area (Å²) >= 11 is 7.43. The van der Waals surface area contributed by atoms with Crippen molar-refractivity contribution in [3.8, 4) is 11.9 Å². The van der Waals surface area contributed by atoms with Gasteiger partial charge in [0.1, 0.15) is 5.69 Å². The summed E-state index contributed by atoms with van der Waals surface area (Å²) in [7, 11) is 0. The molecule has 4 nitrogen and oxygen atoms in total. The molecule has 0 bridgehead atoms. The Balaban J connectivity index is 3.15. The average Bonchev–Trinajstić information content (AvgIpc) is 2.32. The maximum atomic E-state index is 8.60. The van der Waals surface area contributed by atoms with Crippen LogP contribution in [0.15, 0.2) is 23.2 Å². The van der Waals surface area contributed by atoms with Gasteiger partial charge in [0.25, 0.3) is 0 Å². The number of nitriles is 1. The van der Waals surface area contributed by atoms with Crippen LogP contribution in [0.25, 0.3) is 0 Å². The van der Waals surface area contributed by atoms with Gasteiger partial charge in [-0.15, -0.1) is 0 Å². The van der Waals surface area contributed by atoms with Gasteiger partial charge in [0.15, 0.2) is 17.1 Å². The van der Waals surface area contributed by atoms with Crippen molar-refractivity contribution >= 4 is 34.2 Å². The molecule has 0 saturated heterocycles. The van der Waals surface area contributed by atoms with Gasteiger partial charge >= 0.3 is 0 Å². The Kier molecular flexibility index (Phi) is 5.83. The van der Waals surface area contributed by atoms with Crippen molar-refractivity contribution in [2.24, 2.45) is 4.99 Å². The summed E-state index contributed by atoms with van der Waals surface area (Å²) in [5.41, 5.74) is 0.600. The molecular weight excluding hydrogens is 270 g/mol. The van der Waals surface area contributed by atoms with Crippen LogP contribution in [0.4, 0.5) is 5.69 Å². The largest absolute Gasteiger partial charge is 0.487 e. The molecule has 0 radical (unpaired) electrons. The van der Waals surface area contributed by atoms with Crippen LogP contribution in [0.3, 0.4) is 0 Å². The SMILES string of the molecule is CSC(=Nc1cccc(Cl)c1OC(C)C)NC#N. The van der Waals surface area contributed by atoms with E-state index < -0.39 is 0 Å². The Labute approximate surface area is 116 Å². The average molecular weight is 284 g/mol. The number of nitrogens with one attached hydrogen (secondary N) is 1. The molecule has 0 aromatic heterocycles. The van der Waals surface area contributed by atoms with Crippen molar-refractivity contribution in [1.82, 2.24) is 5.32 Å². The Bertz CT molecular complexity index is 483. The molecule has 0 aliphatic carbocycles. The number of ether oxygens (including phenoxy) is 1. The number of benzene rings is 1. The zero-order valence-corrected chi connectivity index (χ0v) is 12.0. The number of nitrogens with zero attached hydrogens (tertiary/aromatic N) is 2. The number of rotatable bonds is 3. The zero-order valence-electron chi connectivity index (χ0n) is 10.4. The summed E-state index contributed by atoms with van der Waals surface area (Å²) < 4.78 is 5.64. The second-order valence-corrected chi connectivity index (χ2v) is 4.81. The van der Waals surface area contributed by atoms with Crippen LogP contribution in [0.1, 0.15) is 13.8 Å². The molecule has 0 aliphatic rings. The molecular formula is C12H14ClN3OS. The van der Waals surface area contributed by atoms with Gasteiger partial charge in [0.2, 0.25) is 0 Å². The number of thioether (sulfide) groups is 1. The van der Waals surface area contributed by atoms with E-state index in [1.54, 1.807) is 18.2 Å². The molecule has 0 fully saturated rings. The molecule has 96 valence electrons. The van der Waals surface area contributed by atoms with Gasteiger partial charge < -0.3 is 4.74 Å². The second-order valence-electron chi connectivity index (χ2n) is 3.61. The maximum absolute atomic E-state index is 8.60. The van der Waals surface area contributed by atoms with E-state index in [1.807, 2.05) is 26.3 Å². The van der Waals surface area contributed by atoms with Gasteiger partial charge in [0, 0.05) is 0 Å². The van der Waals surface area contributed by atoms with Gasteiger partial charge in [-0.25, -0.2) is 4.99 Å². The van der Waals surface area contributed by atoms with Gasteiger partial charge in [-0.1, -0.05) is 29.4 Å². The van der Waals surface area contributed by atoms with Crippen LogP contribution < -0.4 is 10.1 Å². The molecule has 1 aromatic rings. The molecule has 18 heavy (non-hydrogen) atoms. The standard InChI is InChI=1S/C12H14ClN3OS/c1-8(2)17-11-9(13)5-4-6-10(11)16-12(18-3)15-7-14/h4-6,8H,1-3H3,(H,15,16). The first kappa shape index (κ1) is 14.7. The van der Waals surface area contributed by atoms with Crippen molar-refractivity contribution in [2.45, 2.75) is 20.0 Å². The quantitative estimate of drug-likeness (QED) is 0.399. The predicted octanol–water partition coefficient (Wildman–Crippen LogP) is 3.55. The number of amidine groups is 1. The van der Waals surface area contributed by atoms with E-state index in [9.17, 15) is 0 Å². The molecule has 0 heterocycles. The summed E-state index contributed by atoms with van der Waals surface area (Å²) in [6, 6.07) is 5.33. The van der Waals surface area contributed by atoms with E-state index >= 15 is 0 Å². The van der Waals surface area contributed by atoms with Crippen molar-refractivity contribution in [1.29, 1.82) is 5.26 Å². The smallest absolute Gasteiger partial charge is 0.183 e. The summed E-state index contributed by atoms with van der Waals surface area (Å²) in [6.45, 7) is 3.83. The lowest BCUT2D eigenvalue weighted by atomic mass is 10.3. The number of aliphatic imine (C=N–C) groups is 1. The van der Waals surface area contributed by atoms with Crippen LogP contribution in [-0.2, 0) is 0 Å². The van der Waals surface area contributed by atoms with Gasteiger partial charge in [-0.05, 0) is 32.2 Å². The molecule has 0 spiro atoms. The monoisotopic (exact) mass is 283 g/mol. The molecule has 0 amide bonds. The molecule has 0 unspecified atom stereocenters. The third-order valence-corrected chi connectivity index (χ3v) is 2.76. The first-order valence-electron chi connectivity index (χ1n) is 5.31. The lowest BCUT2D eigenvalue weighted by Crippen LogP contribution is -2.13. The number of para-hydroxylation sites is 1. The van der Waals surface area contributed by atoms with E-state index in [4.69, 9.17) is 21.6 Å². The third-order valence-electron chi connectivity index (χ3n) is 1.88. The van der Waals surface area contributed by atoms with E-state index in [0.717, 1.165) is 0 Å². The minimum Gasteiger partial charge on any atom is -0.487 e. The Morgan fingerprint density at radius 2 is 2.28 bits per heavy atom. The van der Waals surface area contributed by atoms with Crippen molar-refractivity contribution < 1.29 is 4.74 Å². The topological polar surface area (TPSA) is 57.4 Å². The second kappa shape index (κ2) is 7.14. The van der Waals surface area contributed by atoms with Gasteiger partial charge in [-0.2, -0.15) is 5.26 Å². The van der Waals surface area contributed by atoms with Crippen molar-refractivity contribution in [3.05, 3.63) is 23.2 Å². The summed E-state index contributed by atoms with van der Waals surface area (Å²) in [5, 5.41) is 12.1. The predicted molar refractivity (Wildman–Crippen MR) is 76.6 cm³/mol. The molecule has 1 aromatic carbocycles. The molecule has 0 atom stereocenters.